The van der Waals surface area contributed by atoms with Crippen LogP contribution in [0.5, 0.6) is 0 Å². The number of benzene rings is 10. The van der Waals surface area contributed by atoms with Gasteiger partial charge in [0.25, 0.3) is 0 Å². The second-order valence-electron chi connectivity index (χ2n) is 15.7. The molecule has 0 spiro atoms. The maximum Gasteiger partial charge on any atom is 0.0541 e. The molecule has 12 rings (SSSR count). The van der Waals surface area contributed by atoms with Crippen LogP contribution in [0.1, 0.15) is 0 Å². The molecule has 61 heavy (non-hydrogen) atoms. The fourth-order valence-corrected chi connectivity index (χ4v) is 10.5. The number of nitrogens with zero attached hydrogens (tertiary/aromatic N) is 2. The summed E-state index contributed by atoms with van der Waals surface area (Å²) in [6, 6.07) is 84.3. The van der Waals surface area contributed by atoms with Crippen LogP contribution in [-0.4, -0.2) is 4.57 Å². The van der Waals surface area contributed by atoms with Crippen LogP contribution >= 0.6 is 11.3 Å². The van der Waals surface area contributed by atoms with Gasteiger partial charge in [0.2, 0.25) is 0 Å². The van der Waals surface area contributed by atoms with E-state index in [9.17, 15) is 0 Å². The van der Waals surface area contributed by atoms with Gasteiger partial charge in [-0.15, -0.1) is 11.3 Å². The molecular formula is C58H38N2S. The van der Waals surface area contributed by atoms with Crippen LogP contribution in [0.4, 0.5) is 17.1 Å². The van der Waals surface area contributed by atoms with E-state index in [0.717, 1.165) is 22.7 Å². The van der Waals surface area contributed by atoms with Gasteiger partial charge in [0.15, 0.2) is 0 Å². The number of hydrogen-bond acceptors (Lipinski definition) is 2. The smallest absolute Gasteiger partial charge is 0.0541 e. The Morgan fingerprint density at radius 1 is 0.311 bits per heavy atom. The maximum absolute atomic E-state index is 2.45. The van der Waals surface area contributed by atoms with Crippen molar-refractivity contribution in [2.75, 3.05) is 4.90 Å². The maximum atomic E-state index is 2.45. The summed E-state index contributed by atoms with van der Waals surface area (Å²) in [5, 5.41) is 7.59. The van der Waals surface area contributed by atoms with Gasteiger partial charge in [-0.2, -0.15) is 0 Å². The Hall–Kier alpha value is -7.72. The Labute approximate surface area is 358 Å². The summed E-state index contributed by atoms with van der Waals surface area (Å²) >= 11 is 1.86. The average Bonchev–Trinajstić information content (AvgIpc) is 3.87. The van der Waals surface area contributed by atoms with Crippen LogP contribution in [-0.2, 0) is 0 Å². The zero-order valence-corrected chi connectivity index (χ0v) is 34.1. The van der Waals surface area contributed by atoms with E-state index in [2.05, 4.69) is 240 Å². The molecule has 0 amide bonds. The fraction of sp³-hybridized carbons (Fsp3) is 0. The van der Waals surface area contributed by atoms with Crippen LogP contribution in [0, 0.1) is 0 Å². The molecule has 0 radical (unpaired) electrons. The lowest BCUT2D eigenvalue weighted by atomic mass is 9.91. The number of rotatable bonds is 7. The lowest BCUT2D eigenvalue weighted by Crippen LogP contribution is -2.10. The van der Waals surface area contributed by atoms with Gasteiger partial charge in [-0.3, -0.25) is 0 Å². The average molecular weight is 795 g/mol. The number of hydrogen-bond donors (Lipinski definition) is 0. The zero-order valence-electron chi connectivity index (χ0n) is 33.2. The molecule has 0 aliphatic rings. The Balaban J connectivity index is 1.08. The molecular weight excluding hydrogens is 757 g/mol. The summed E-state index contributed by atoms with van der Waals surface area (Å²) in [4.78, 5) is 2.39. The van der Waals surface area contributed by atoms with Crippen molar-refractivity contribution in [1.82, 2.24) is 4.57 Å². The standard InChI is InChI=1S/C58H38N2S/c1-2-17-42(18-3-1)59(43-32-29-40(30-33-43)46-24-14-16-39-15-4-5-19-45(39)46)44-34-35-47(52(38-44)41-31-36-58-53(37-41)51-23-9-13-28-57(51)61-58)48-20-6-10-25-54(48)60-55-26-11-7-21-49(55)50-22-8-12-27-56(50)60/h1-38H. The Bertz CT molecular complexity index is 3540. The molecule has 286 valence electrons. The zero-order chi connectivity index (χ0) is 40.3. The predicted octanol–water partition coefficient (Wildman–Crippen LogP) is 16.8. The molecule has 2 aromatic heterocycles. The minimum atomic E-state index is 1.09. The molecule has 0 atom stereocenters. The van der Waals surface area contributed by atoms with Crippen molar-refractivity contribution in [2.24, 2.45) is 0 Å². The third-order valence-corrected chi connectivity index (χ3v) is 13.4. The minimum Gasteiger partial charge on any atom is -0.310 e. The highest BCUT2D eigenvalue weighted by molar-refractivity contribution is 7.25. The summed E-state index contributed by atoms with van der Waals surface area (Å²) in [6.07, 6.45) is 0. The van der Waals surface area contributed by atoms with Crippen molar-refractivity contribution in [3.05, 3.63) is 231 Å². The molecule has 0 unspecified atom stereocenters. The van der Waals surface area contributed by atoms with E-state index in [1.165, 1.54) is 86.1 Å². The van der Waals surface area contributed by atoms with E-state index >= 15 is 0 Å². The number of fused-ring (bicyclic) bond motifs is 7. The molecule has 0 aliphatic heterocycles. The third kappa shape index (κ3) is 5.93. The van der Waals surface area contributed by atoms with E-state index < -0.39 is 0 Å². The van der Waals surface area contributed by atoms with Crippen LogP contribution in [0.2, 0.25) is 0 Å². The van der Waals surface area contributed by atoms with Crippen LogP contribution in [0.25, 0.3) is 91.8 Å². The number of para-hydroxylation sites is 4. The minimum absolute atomic E-state index is 1.09. The molecule has 12 aromatic rings. The van der Waals surface area contributed by atoms with Crippen molar-refractivity contribution < 1.29 is 0 Å². The van der Waals surface area contributed by atoms with E-state index in [1.54, 1.807) is 0 Å². The summed E-state index contributed by atoms with van der Waals surface area (Å²) in [5.74, 6) is 0. The van der Waals surface area contributed by atoms with Gasteiger partial charge < -0.3 is 9.47 Å². The second kappa shape index (κ2) is 14.5. The predicted molar refractivity (Wildman–Crippen MR) is 262 cm³/mol. The van der Waals surface area contributed by atoms with Gasteiger partial charge in [0.1, 0.15) is 0 Å². The summed E-state index contributed by atoms with van der Waals surface area (Å²) in [6.45, 7) is 0. The van der Waals surface area contributed by atoms with Gasteiger partial charge in [-0.1, -0.05) is 158 Å². The topological polar surface area (TPSA) is 8.17 Å². The first-order chi connectivity index (χ1) is 30.3. The largest absolute Gasteiger partial charge is 0.310 e. The van der Waals surface area contributed by atoms with Gasteiger partial charge >= 0.3 is 0 Å². The SMILES string of the molecule is c1ccc(N(c2ccc(-c3cccc4ccccc34)cc2)c2ccc(-c3ccccc3-n3c4ccccc4c4ccccc43)c(-c3ccc4sc5ccccc5c4c3)c2)cc1. The molecule has 0 saturated heterocycles. The van der Waals surface area contributed by atoms with Crippen LogP contribution in [0.3, 0.4) is 0 Å². The highest BCUT2D eigenvalue weighted by Gasteiger charge is 2.21. The van der Waals surface area contributed by atoms with Gasteiger partial charge in [0.05, 0.1) is 16.7 Å². The van der Waals surface area contributed by atoms with Crippen molar-refractivity contribution in [1.29, 1.82) is 0 Å². The number of aromatic nitrogens is 1. The Morgan fingerprint density at radius 2 is 0.885 bits per heavy atom. The van der Waals surface area contributed by atoms with Gasteiger partial charge in [-0.25, -0.2) is 0 Å². The van der Waals surface area contributed by atoms with E-state index in [-0.39, 0.29) is 0 Å². The van der Waals surface area contributed by atoms with Crippen molar-refractivity contribution in [2.45, 2.75) is 0 Å². The highest BCUT2D eigenvalue weighted by atomic mass is 32.1. The highest BCUT2D eigenvalue weighted by Crippen LogP contribution is 2.45. The van der Waals surface area contributed by atoms with Crippen LogP contribution in [0.15, 0.2) is 231 Å². The van der Waals surface area contributed by atoms with Crippen molar-refractivity contribution >= 4 is 81.1 Å². The van der Waals surface area contributed by atoms with Gasteiger partial charge in [0, 0.05) is 53.6 Å². The third-order valence-electron chi connectivity index (χ3n) is 12.2. The lowest BCUT2D eigenvalue weighted by Gasteiger charge is -2.27. The lowest BCUT2D eigenvalue weighted by molar-refractivity contribution is 1.18. The van der Waals surface area contributed by atoms with Crippen molar-refractivity contribution in [3.63, 3.8) is 0 Å². The van der Waals surface area contributed by atoms with Crippen molar-refractivity contribution in [3.8, 4) is 39.1 Å². The Kier molecular flexibility index (Phi) is 8.39. The molecule has 2 nitrogen and oxygen atoms in total. The molecule has 10 aromatic carbocycles. The van der Waals surface area contributed by atoms with Crippen LogP contribution < -0.4 is 4.90 Å². The molecule has 3 heteroatoms. The van der Waals surface area contributed by atoms with Gasteiger partial charge in [-0.05, 0) is 111 Å². The molecule has 2 heterocycles. The quantitative estimate of drug-likeness (QED) is 0.156. The normalized spacial score (nSPS) is 11.6. The first kappa shape index (κ1) is 35.2. The molecule has 0 saturated carbocycles. The second-order valence-corrected chi connectivity index (χ2v) is 16.8. The van der Waals surface area contributed by atoms with E-state index in [1.807, 2.05) is 11.3 Å². The van der Waals surface area contributed by atoms with E-state index in [0.29, 0.717) is 0 Å². The first-order valence-electron chi connectivity index (χ1n) is 20.8. The first-order valence-corrected chi connectivity index (χ1v) is 21.7. The number of anilines is 3. The summed E-state index contributed by atoms with van der Waals surface area (Å²) in [7, 11) is 0. The van der Waals surface area contributed by atoms with E-state index in [4.69, 9.17) is 0 Å². The number of thiophene rings is 1. The monoisotopic (exact) mass is 794 g/mol. The summed E-state index contributed by atoms with van der Waals surface area (Å²) < 4.78 is 5.05. The molecule has 0 aliphatic carbocycles. The Morgan fingerprint density at radius 3 is 1.69 bits per heavy atom. The summed E-state index contributed by atoms with van der Waals surface area (Å²) in [5.41, 5.74) is 14.0. The molecule has 0 N–H and O–H groups in total. The molecule has 0 bridgehead atoms. The molecule has 0 fully saturated rings. The fourth-order valence-electron chi connectivity index (χ4n) is 9.41.